The van der Waals surface area contributed by atoms with E-state index in [1.807, 2.05) is 0 Å². The Balaban J connectivity index is 2.58. The Hall–Kier alpha value is -2.70. The fourth-order valence-electron chi connectivity index (χ4n) is 1.20. The lowest BCUT2D eigenvalue weighted by molar-refractivity contribution is -0.384. The highest BCUT2D eigenvalue weighted by atomic mass is 16.6. The van der Waals surface area contributed by atoms with Gasteiger partial charge in [0.05, 0.1) is 10.5 Å². The van der Waals surface area contributed by atoms with Gasteiger partial charge in [0.1, 0.15) is 0 Å². The first kappa shape index (κ1) is 14.4. The highest BCUT2D eigenvalue weighted by Gasteiger charge is 2.13. The van der Waals surface area contributed by atoms with E-state index in [0.29, 0.717) is 0 Å². The SMILES string of the molecule is C=CCNC(=O)COC(=O)c1cccc([N+](=O)[O-])c1. The van der Waals surface area contributed by atoms with Gasteiger partial charge in [-0.2, -0.15) is 0 Å². The van der Waals surface area contributed by atoms with Crippen LogP contribution in [0.1, 0.15) is 10.4 Å². The van der Waals surface area contributed by atoms with E-state index in [-0.39, 0.29) is 17.8 Å². The molecule has 1 aromatic carbocycles. The minimum Gasteiger partial charge on any atom is -0.452 e. The second-order valence-electron chi connectivity index (χ2n) is 3.48. The van der Waals surface area contributed by atoms with Crippen LogP contribution in [-0.2, 0) is 9.53 Å². The van der Waals surface area contributed by atoms with Gasteiger partial charge in [-0.05, 0) is 6.07 Å². The third kappa shape index (κ3) is 4.58. The van der Waals surface area contributed by atoms with Gasteiger partial charge in [0.2, 0.25) is 0 Å². The van der Waals surface area contributed by atoms with Crippen molar-refractivity contribution < 1.29 is 19.2 Å². The van der Waals surface area contributed by atoms with Crippen LogP contribution >= 0.6 is 0 Å². The quantitative estimate of drug-likeness (QED) is 0.358. The average Bonchev–Trinajstić information content (AvgIpc) is 2.42. The normalized spacial score (nSPS) is 9.47. The van der Waals surface area contributed by atoms with E-state index in [0.717, 1.165) is 6.07 Å². The van der Waals surface area contributed by atoms with Crippen molar-refractivity contribution in [3.05, 3.63) is 52.6 Å². The number of ether oxygens (including phenoxy) is 1. The molecule has 1 aromatic rings. The van der Waals surface area contributed by atoms with Gasteiger partial charge in [-0.3, -0.25) is 14.9 Å². The molecule has 0 atom stereocenters. The van der Waals surface area contributed by atoms with E-state index in [1.165, 1.54) is 24.3 Å². The monoisotopic (exact) mass is 264 g/mol. The Morgan fingerprint density at radius 3 is 2.84 bits per heavy atom. The number of nitrogens with one attached hydrogen (secondary N) is 1. The Morgan fingerprint density at radius 1 is 1.47 bits per heavy atom. The molecule has 7 heteroatoms. The predicted molar refractivity (Wildman–Crippen MR) is 66.6 cm³/mol. The fourth-order valence-corrected chi connectivity index (χ4v) is 1.20. The molecule has 0 bridgehead atoms. The zero-order valence-corrected chi connectivity index (χ0v) is 10.00. The van der Waals surface area contributed by atoms with E-state index in [4.69, 9.17) is 4.74 Å². The lowest BCUT2D eigenvalue weighted by Crippen LogP contribution is -2.28. The molecule has 0 saturated carbocycles. The maximum Gasteiger partial charge on any atom is 0.338 e. The van der Waals surface area contributed by atoms with Crippen molar-refractivity contribution in [2.45, 2.75) is 0 Å². The Morgan fingerprint density at radius 2 is 2.21 bits per heavy atom. The van der Waals surface area contributed by atoms with E-state index >= 15 is 0 Å². The molecule has 1 rings (SSSR count). The number of nitrogens with zero attached hydrogens (tertiary/aromatic N) is 1. The van der Waals surface area contributed by atoms with Crippen molar-refractivity contribution in [3.8, 4) is 0 Å². The average molecular weight is 264 g/mol. The van der Waals surface area contributed by atoms with Gasteiger partial charge in [-0.1, -0.05) is 12.1 Å². The van der Waals surface area contributed by atoms with Crippen LogP contribution in [0.4, 0.5) is 5.69 Å². The number of benzene rings is 1. The fraction of sp³-hybridized carbons (Fsp3) is 0.167. The molecule has 100 valence electrons. The molecule has 0 saturated heterocycles. The molecular weight excluding hydrogens is 252 g/mol. The largest absolute Gasteiger partial charge is 0.452 e. The van der Waals surface area contributed by atoms with Crippen LogP contribution in [-0.4, -0.2) is 30.0 Å². The number of hydrogen-bond acceptors (Lipinski definition) is 5. The second-order valence-corrected chi connectivity index (χ2v) is 3.48. The topological polar surface area (TPSA) is 98.5 Å². The van der Waals surface area contributed by atoms with E-state index in [2.05, 4.69) is 11.9 Å². The molecule has 0 unspecified atom stereocenters. The molecule has 0 radical (unpaired) electrons. The molecule has 0 fully saturated rings. The van der Waals surface area contributed by atoms with Crippen molar-refractivity contribution in [1.82, 2.24) is 5.32 Å². The maximum absolute atomic E-state index is 11.6. The van der Waals surface area contributed by atoms with Crippen LogP contribution in [0.5, 0.6) is 0 Å². The van der Waals surface area contributed by atoms with Crippen LogP contribution in [0, 0.1) is 10.1 Å². The van der Waals surface area contributed by atoms with Crippen LogP contribution in [0.15, 0.2) is 36.9 Å². The predicted octanol–water partition coefficient (Wildman–Crippen LogP) is 1.05. The zero-order chi connectivity index (χ0) is 14.3. The molecule has 0 heterocycles. The molecule has 1 N–H and O–H groups in total. The summed E-state index contributed by atoms with van der Waals surface area (Å²) < 4.78 is 4.71. The van der Waals surface area contributed by atoms with Crippen LogP contribution in [0.2, 0.25) is 0 Å². The van der Waals surface area contributed by atoms with Crippen molar-refractivity contribution >= 4 is 17.6 Å². The van der Waals surface area contributed by atoms with Gasteiger partial charge in [-0.15, -0.1) is 6.58 Å². The molecule has 1 amide bonds. The molecule has 0 aliphatic carbocycles. The Kier molecular flexibility index (Phi) is 5.21. The van der Waals surface area contributed by atoms with E-state index in [9.17, 15) is 19.7 Å². The minimum atomic E-state index is -0.794. The number of rotatable bonds is 6. The molecule has 0 aliphatic rings. The van der Waals surface area contributed by atoms with E-state index in [1.54, 1.807) is 0 Å². The van der Waals surface area contributed by atoms with Crippen LogP contribution in [0.25, 0.3) is 0 Å². The van der Waals surface area contributed by atoms with Gasteiger partial charge >= 0.3 is 5.97 Å². The third-order valence-corrected chi connectivity index (χ3v) is 2.07. The number of carbonyl (C=O) groups is 2. The molecule has 0 aromatic heterocycles. The van der Waals surface area contributed by atoms with Gasteiger partial charge in [0.25, 0.3) is 11.6 Å². The Labute approximate surface area is 109 Å². The summed E-state index contributed by atoms with van der Waals surface area (Å²) in [6, 6.07) is 5.08. The van der Waals surface area contributed by atoms with Crippen LogP contribution in [0.3, 0.4) is 0 Å². The number of nitro groups is 1. The highest BCUT2D eigenvalue weighted by Crippen LogP contribution is 2.13. The smallest absolute Gasteiger partial charge is 0.338 e. The summed E-state index contributed by atoms with van der Waals surface area (Å²) in [6.07, 6.45) is 1.49. The number of amides is 1. The summed E-state index contributed by atoms with van der Waals surface area (Å²) in [4.78, 5) is 32.6. The third-order valence-electron chi connectivity index (χ3n) is 2.07. The first-order valence-electron chi connectivity index (χ1n) is 5.33. The first-order chi connectivity index (χ1) is 9.04. The second kappa shape index (κ2) is 6.90. The lowest BCUT2D eigenvalue weighted by Gasteiger charge is -2.04. The van der Waals surface area contributed by atoms with Gasteiger partial charge in [0, 0.05) is 18.7 Å². The summed E-state index contributed by atoms with van der Waals surface area (Å²) >= 11 is 0. The zero-order valence-electron chi connectivity index (χ0n) is 10.00. The summed E-state index contributed by atoms with van der Waals surface area (Å²) in [7, 11) is 0. The van der Waals surface area contributed by atoms with Gasteiger partial charge in [-0.25, -0.2) is 4.79 Å². The Bertz CT molecular complexity index is 513. The highest BCUT2D eigenvalue weighted by molar-refractivity contribution is 5.91. The van der Waals surface area contributed by atoms with E-state index < -0.39 is 23.4 Å². The van der Waals surface area contributed by atoms with Crippen molar-refractivity contribution in [2.75, 3.05) is 13.2 Å². The standard InChI is InChI=1S/C12H12N2O5/c1-2-6-13-11(15)8-19-12(16)9-4-3-5-10(7-9)14(17)18/h2-5,7H,1,6,8H2,(H,13,15). The summed E-state index contributed by atoms with van der Waals surface area (Å²) in [5, 5.41) is 13.0. The minimum absolute atomic E-state index is 0.0192. The van der Waals surface area contributed by atoms with Gasteiger partial charge in [0.15, 0.2) is 6.61 Å². The van der Waals surface area contributed by atoms with Crippen molar-refractivity contribution in [3.63, 3.8) is 0 Å². The first-order valence-corrected chi connectivity index (χ1v) is 5.33. The number of esters is 1. The van der Waals surface area contributed by atoms with Crippen molar-refractivity contribution in [2.24, 2.45) is 0 Å². The molecule has 0 aliphatic heterocycles. The lowest BCUT2D eigenvalue weighted by atomic mass is 10.2. The van der Waals surface area contributed by atoms with Crippen molar-refractivity contribution in [1.29, 1.82) is 0 Å². The summed E-state index contributed by atoms with van der Waals surface area (Å²) in [6.45, 7) is 3.24. The number of non-ortho nitro benzene ring substituents is 1. The molecule has 19 heavy (non-hydrogen) atoms. The number of carbonyl (C=O) groups excluding carboxylic acids is 2. The number of nitro benzene ring substituents is 1. The molecular formula is C12H12N2O5. The summed E-state index contributed by atoms with van der Waals surface area (Å²) in [5.74, 6) is -1.27. The maximum atomic E-state index is 11.6. The molecule has 7 nitrogen and oxygen atoms in total. The number of hydrogen-bond donors (Lipinski definition) is 1. The molecule has 0 spiro atoms. The van der Waals surface area contributed by atoms with Crippen LogP contribution < -0.4 is 5.32 Å². The summed E-state index contributed by atoms with van der Waals surface area (Å²) in [5.41, 5.74) is -0.198. The van der Waals surface area contributed by atoms with Gasteiger partial charge < -0.3 is 10.1 Å².